The SMILES string of the molecule is Cc1nc(CCc2cccc(N)c2)sc1C. The van der Waals surface area contributed by atoms with Crippen LogP contribution in [0.5, 0.6) is 0 Å². The van der Waals surface area contributed by atoms with Crippen molar-refractivity contribution >= 4 is 17.0 Å². The van der Waals surface area contributed by atoms with Crippen molar-refractivity contribution in [3.63, 3.8) is 0 Å². The second kappa shape index (κ2) is 4.66. The Bertz CT molecular complexity index is 469. The van der Waals surface area contributed by atoms with E-state index in [2.05, 4.69) is 24.9 Å². The van der Waals surface area contributed by atoms with Crippen molar-refractivity contribution in [2.45, 2.75) is 26.7 Å². The number of hydrogen-bond donors (Lipinski definition) is 1. The van der Waals surface area contributed by atoms with Crippen LogP contribution in [0.2, 0.25) is 0 Å². The molecule has 16 heavy (non-hydrogen) atoms. The van der Waals surface area contributed by atoms with Crippen LogP contribution in [-0.2, 0) is 12.8 Å². The molecule has 0 aliphatic rings. The van der Waals surface area contributed by atoms with Crippen LogP contribution in [0.4, 0.5) is 5.69 Å². The summed E-state index contributed by atoms with van der Waals surface area (Å²) in [4.78, 5) is 5.86. The Hall–Kier alpha value is -1.35. The summed E-state index contributed by atoms with van der Waals surface area (Å²) in [6, 6.07) is 8.07. The van der Waals surface area contributed by atoms with Gasteiger partial charge in [0.25, 0.3) is 0 Å². The summed E-state index contributed by atoms with van der Waals surface area (Å²) in [7, 11) is 0. The molecule has 0 atom stereocenters. The maximum absolute atomic E-state index is 5.74. The van der Waals surface area contributed by atoms with Gasteiger partial charge in [0.1, 0.15) is 0 Å². The fourth-order valence-corrected chi connectivity index (χ4v) is 2.58. The molecule has 1 aromatic carbocycles. The summed E-state index contributed by atoms with van der Waals surface area (Å²) < 4.78 is 0. The highest BCUT2D eigenvalue weighted by Gasteiger charge is 2.03. The minimum Gasteiger partial charge on any atom is -0.399 e. The zero-order chi connectivity index (χ0) is 11.5. The lowest BCUT2D eigenvalue weighted by Gasteiger charge is -2.00. The molecular weight excluding hydrogens is 216 g/mol. The van der Waals surface area contributed by atoms with Gasteiger partial charge in [-0.2, -0.15) is 0 Å². The molecule has 0 aliphatic carbocycles. The normalized spacial score (nSPS) is 10.6. The van der Waals surface area contributed by atoms with Crippen LogP contribution in [0.1, 0.15) is 21.1 Å². The Morgan fingerprint density at radius 3 is 2.69 bits per heavy atom. The number of aryl methyl sites for hydroxylation is 4. The van der Waals surface area contributed by atoms with Gasteiger partial charge in [-0.05, 0) is 38.0 Å². The van der Waals surface area contributed by atoms with Crippen LogP contribution in [0, 0.1) is 13.8 Å². The number of aromatic nitrogens is 1. The Labute approximate surface area is 100 Å². The molecule has 1 heterocycles. The number of nitrogen functional groups attached to an aromatic ring is 1. The average molecular weight is 232 g/mol. The summed E-state index contributed by atoms with van der Waals surface area (Å²) in [6.45, 7) is 4.19. The lowest BCUT2D eigenvalue weighted by atomic mass is 10.1. The van der Waals surface area contributed by atoms with Crippen molar-refractivity contribution in [2.24, 2.45) is 0 Å². The van der Waals surface area contributed by atoms with Crippen molar-refractivity contribution in [1.82, 2.24) is 4.98 Å². The molecule has 1 aromatic heterocycles. The molecule has 3 heteroatoms. The molecule has 0 saturated heterocycles. The number of hydrogen-bond acceptors (Lipinski definition) is 3. The lowest BCUT2D eigenvalue weighted by molar-refractivity contribution is 0.936. The molecule has 0 bridgehead atoms. The van der Waals surface area contributed by atoms with E-state index in [1.54, 1.807) is 11.3 Å². The molecule has 0 fully saturated rings. The van der Waals surface area contributed by atoms with Gasteiger partial charge >= 0.3 is 0 Å². The Balaban J connectivity index is 2.02. The fourth-order valence-electron chi connectivity index (χ4n) is 1.65. The summed E-state index contributed by atoms with van der Waals surface area (Å²) in [5, 5.41) is 1.22. The van der Waals surface area contributed by atoms with Gasteiger partial charge in [-0.25, -0.2) is 4.98 Å². The maximum atomic E-state index is 5.74. The summed E-state index contributed by atoms with van der Waals surface area (Å²) in [5.41, 5.74) is 9.02. The van der Waals surface area contributed by atoms with E-state index in [1.807, 2.05) is 18.2 Å². The van der Waals surface area contributed by atoms with Gasteiger partial charge in [-0.3, -0.25) is 0 Å². The third-order valence-corrected chi connectivity index (χ3v) is 3.78. The minimum atomic E-state index is 0.837. The van der Waals surface area contributed by atoms with Gasteiger partial charge in [-0.1, -0.05) is 12.1 Å². The van der Waals surface area contributed by atoms with Crippen molar-refractivity contribution in [2.75, 3.05) is 5.73 Å². The number of nitrogens with zero attached hydrogens (tertiary/aromatic N) is 1. The van der Waals surface area contributed by atoms with E-state index < -0.39 is 0 Å². The van der Waals surface area contributed by atoms with E-state index in [-0.39, 0.29) is 0 Å². The topological polar surface area (TPSA) is 38.9 Å². The molecule has 2 N–H and O–H groups in total. The van der Waals surface area contributed by atoms with Crippen LogP contribution >= 0.6 is 11.3 Å². The Morgan fingerprint density at radius 1 is 1.25 bits per heavy atom. The van der Waals surface area contributed by atoms with Crippen molar-refractivity contribution in [3.05, 3.63) is 45.4 Å². The van der Waals surface area contributed by atoms with Crippen LogP contribution in [-0.4, -0.2) is 4.98 Å². The number of anilines is 1. The molecule has 0 saturated carbocycles. The van der Waals surface area contributed by atoms with E-state index in [0.717, 1.165) is 24.2 Å². The first-order valence-corrected chi connectivity index (χ1v) is 6.24. The van der Waals surface area contributed by atoms with Gasteiger partial charge < -0.3 is 5.73 Å². The first-order chi connectivity index (χ1) is 7.65. The molecule has 0 spiro atoms. The van der Waals surface area contributed by atoms with Crippen molar-refractivity contribution < 1.29 is 0 Å². The predicted molar refractivity (Wildman–Crippen MR) is 69.9 cm³/mol. The molecule has 2 nitrogen and oxygen atoms in total. The second-order valence-electron chi connectivity index (χ2n) is 3.99. The van der Waals surface area contributed by atoms with E-state index in [9.17, 15) is 0 Å². The first-order valence-electron chi connectivity index (χ1n) is 5.42. The Morgan fingerprint density at radius 2 is 2.06 bits per heavy atom. The number of rotatable bonds is 3. The van der Waals surface area contributed by atoms with Gasteiger partial charge in [0.15, 0.2) is 0 Å². The number of benzene rings is 1. The molecule has 0 radical (unpaired) electrons. The predicted octanol–water partition coefficient (Wildman–Crippen LogP) is 3.13. The minimum absolute atomic E-state index is 0.837. The fraction of sp³-hybridized carbons (Fsp3) is 0.308. The average Bonchev–Trinajstić information content (AvgIpc) is 2.56. The third-order valence-electron chi connectivity index (χ3n) is 2.65. The zero-order valence-electron chi connectivity index (χ0n) is 9.66. The largest absolute Gasteiger partial charge is 0.399 e. The van der Waals surface area contributed by atoms with Crippen LogP contribution < -0.4 is 5.73 Å². The molecule has 84 valence electrons. The van der Waals surface area contributed by atoms with Crippen LogP contribution in [0.15, 0.2) is 24.3 Å². The van der Waals surface area contributed by atoms with E-state index in [1.165, 1.54) is 15.4 Å². The highest BCUT2D eigenvalue weighted by molar-refractivity contribution is 7.11. The summed E-state index contributed by atoms with van der Waals surface area (Å²) in [5.74, 6) is 0. The quantitative estimate of drug-likeness (QED) is 0.826. The molecule has 0 aliphatic heterocycles. The van der Waals surface area contributed by atoms with Gasteiger partial charge in [-0.15, -0.1) is 11.3 Å². The molecule has 2 rings (SSSR count). The molecule has 0 unspecified atom stereocenters. The van der Waals surface area contributed by atoms with E-state index in [0.29, 0.717) is 0 Å². The van der Waals surface area contributed by atoms with Crippen molar-refractivity contribution in [1.29, 1.82) is 0 Å². The molecule has 2 aromatic rings. The second-order valence-corrected chi connectivity index (χ2v) is 5.28. The monoisotopic (exact) mass is 232 g/mol. The van der Waals surface area contributed by atoms with E-state index >= 15 is 0 Å². The maximum Gasteiger partial charge on any atom is 0.0934 e. The highest BCUT2D eigenvalue weighted by Crippen LogP contribution is 2.18. The van der Waals surface area contributed by atoms with Gasteiger partial charge in [0.05, 0.1) is 10.7 Å². The smallest absolute Gasteiger partial charge is 0.0934 e. The third kappa shape index (κ3) is 2.61. The van der Waals surface area contributed by atoms with Crippen LogP contribution in [0.25, 0.3) is 0 Å². The number of thiazole rings is 1. The summed E-state index contributed by atoms with van der Waals surface area (Å²) in [6.07, 6.45) is 2.01. The Kier molecular flexibility index (Phi) is 3.25. The highest BCUT2D eigenvalue weighted by atomic mass is 32.1. The number of nitrogens with two attached hydrogens (primary N) is 1. The van der Waals surface area contributed by atoms with Crippen LogP contribution in [0.3, 0.4) is 0 Å². The molecular formula is C13H16N2S. The molecule has 0 amide bonds. The van der Waals surface area contributed by atoms with Gasteiger partial charge in [0, 0.05) is 17.0 Å². The van der Waals surface area contributed by atoms with Crippen molar-refractivity contribution in [3.8, 4) is 0 Å². The van der Waals surface area contributed by atoms with Gasteiger partial charge in [0.2, 0.25) is 0 Å². The van der Waals surface area contributed by atoms with E-state index in [4.69, 9.17) is 5.73 Å². The first kappa shape index (κ1) is 11.1. The summed E-state index contributed by atoms with van der Waals surface area (Å²) >= 11 is 1.80. The zero-order valence-corrected chi connectivity index (χ0v) is 10.5. The standard InChI is InChI=1S/C13H16N2S/c1-9-10(2)16-13(15-9)7-6-11-4-3-5-12(14)8-11/h3-5,8H,6-7,14H2,1-2H3. The lowest BCUT2D eigenvalue weighted by Crippen LogP contribution is -1.92.